The fourth-order valence-electron chi connectivity index (χ4n) is 10.4. The maximum absolute atomic E-state index is 16.1. The zero-order valence-electron chi connectivity index (χ0n) is 38.2. The minimum absolute atomic E-state index is 0.00634. The molecule has 10 rings (SSSR count). The minimum Gasteiger partial charge on any atom is -0.370 e. The molecular formula is C48H50F2N10O5S. The van der Waals surface area contributed by atoms with E-state index in [1.165, 1.54) is 50.9 Å². The first-order valence-corrected chi connectivity index (χ1v) is 23.3. The molecule has 0 unspecified atom stereocenters. The highest BCUT2D eigenvalue weighted by molar-refractivity contribution is 7.90. The maximum Gasteiger partial charge on any atom is 0.338 e. The average molecular weight is 917 g/mol. The summed E-state index contributed by atoms with van der Waals surface area (Å²) in [5.41, 5.74) is 2.69. The number of amides is 1. The Morgan fingerprint density at radius 2 is 1.58 bits per heavy atom. The Kier molecular flexibility index (Phi) is 9.78. The first kappa shape index (κ1) is 43.2. The van der Waals surface area contributed by atoms with Gasteiger partial charge >= 0.3 is 5.69 Å². The second-order valence-electron chi connectivity index (χ2n) is 19.1. The zero-order valence-corrected chi connectivity index (χ0v) is 39.0. The van der Waals surface area contributed by atoms with E-state index in [2.05, 4.69) is 37.8 Å². The summed E-state index contributed by atoms with van der Waals surface area (Å²) in [4.78, 5) is 35.7. The lowest BCUT2D eigenvalue weighted by molar-refractivity contribution is -0.161. The molecule has 1 atom stereocenters. The fourth-order valence-corrected chi connectivity index (χ4v) is 11.9. The highest BCUT2D eigenvalue weighted by atomic mass is 32.2. The maximum atomic E-state index is 16.1. The molecule has 2 aliphatic heterocycles. The van der Waals surface area contributed by atoms with Crippen LogP contribution < -0.4 is 5.69 Å². The zero-order chi connectivity index (χ0) is 46.9. The lowest BCUT2D eigenvalue weighted by atomic mass is 9.77. The molecule has 0 bridgehead atoms. The lowest BCUT2D eigenvalue weighted by Crippen LogP contribution is -2.44. The van der Waals surface area contributed by atoms with Crippen LogP contribution in [0.15, 0.2) is 89.5 Å². The van der Waals surface area contributed by atoms with Crippen molar-refractivity contribution in [2.24, 2.45) is 14.1 Å². The lowest BCUT2D eigenvalue weighted by Gasteiger charge is -2.45. The van der Waals surface area contributed by atoms with Gasteiger partial charge in [0.2, 0.25) is 0 Å². The number of imidazole rings is 2. The molecule has 1 saturated heterocycles. The van der Waals surface area contributed by atoms with Crippen LogP contribution in [0.2, 0.25) is 0 Å². The van der Waals surface area contributed by atoms with Crippen LogP contribution in [0.5, 0.6) is 0 Å². The molecule has 0 aliphatic carbocycles. The number of carbonyl (C=O) groups is 1. The number of carbonyl (C=O) groups excluding carboxylic acids is 1. The van der Waals surface area contributed by atoms with Gasteiger partial charge in [0.1, 0.15) is 17.3 Å². The smallest absolute Gasteiger partial charge is 0.338 e. The standard InChI is InChI=1S/C48H50F2N10O5S/c1-27-18-33(19-28(2)42(27)49)59-44(58-17-16-57(46(58)62)38-13-12-37-34(43(38)50)24-52-55(37)9)41-29(3)56(15-14-35(41)53-59)45(61)39-21-31-20-30(32-22-47(4,5)65-48(6,7)23-32)10-11-36(31)60(39)66(63,64)40-25-54(8)26-51-40/h10-13,16-21,24-26,29,32H,14-15,22-23H2,1-9H3/t29-/m0/s1. The van der Waals surface area contributed by atoms with Crippen LogP contribution in [-0.4, -0.2) is 79.2 Å². The van der Waals surface area contributed by atoms with Crippen molar-refractivity contribution in [2.75, 3.05) is 6.54 Å². The number of aryl methyl sites for hydroxylation is 4. The van der Waals surface area contributed by atoms with Crippen molar-refractivity contribution in [2.45, 2.75) is 95.9 Å². The molecule has 66 heavy (non-hydrogen) atoms. The number of nitrogens with zero attached hydrogens (tertiary/aromatic N) is 10. The van der Waals surface area contributed by atoms with Crippen molar-refractivity contribution in [1.29, 1.82) is 0 Å². The molecule has 0 spiro atoms. The largest absolute Gasteiger partial charge is 0.370 e. The Morgan fingerprint density at radius 1 is 0.894 bits per heavy atom. The van der Waals surface area contributed by atoms with Gasteiger partial charge in [0.05, 0.1) is 63.3 Å². The number of rotatable bonds is 7. The van der Waals surface area contributed by atoms with Crippen molar-refractivity contribution in [3.63, 3.8) is 0 Å². The van der Waals surface area contributed by atoms with Crippen LogP contribution >= 0.6 is 0 Å². The second-order valence-corrected chi connectivity index (χ2v) is 20.8. The minimum atomic E-state index is -4.42. The van der Waals surface area contributed by atoms with Gasteiger partial charge in [-0.15, -0.1) is 0 Å². The van der Waals surface area contributed by atoms with Crippen LogP contribution in [0.3, 0.4) is 0 Å². The SMILES string of the molecule is Cc1cc(-n2nc3c(c2-n2ccn(-c4ccc5c(cnn5C)c4F)c2=O)[C@H](C)N(C(=O)c2cc4cc(C5CC(C)(C)OC(C)(C)C5)ccc4n2S(=O)(=O)c2cn(C)cn2)CC3)cc(C)c1F. The van der Waals surface area contributed by atoms with E-state index in [4.69, 9.17) is 9.84 Å². The third-order valence-electron chi connectivity index (χ3n) is 13.2. The highest BCUT2D eigenvalue weighted by Gasteiger charge is 2.41. The molecule has 0 radical (unpaired) electrons. The summed E-state index contributed by atoms with van der Waals surface area (Å²) in [5.74, 6) is -1.20. The van der Waals surface area contributed by atoms with E-state index in [1.54, 1.807) is 79.5 Å². The Balaban J connectivity index is 1.12. The summed E-state index contributed by atoms with van der Waals surface area (Å²) in [6, 6.07) is 13.0. The number of aromatic nitrogens is 9. The Morgan fingerprint density at radius 3 is 2.26 bits per heavy atom. The first-order chi connectivity index (χ1) is 31.1. The molecule has 1 fully saturated rings. The van der Waals surface area contributed by atoms with E-state index in [9.17, 15) is 13.2 Å². The van der Waals surface area contributed by atoms with Gasteiger partial charge in [0.25, 0.3) is 15.9 Å². The normalized spacial score (nSPS) is 17.6. The number of fused-ring (bicyclic) bond motifs is 3. The molecule has 0 saturated carbocycles. The Labute approximate surface area is 379 Å². The Hall–Kier alpha value is -6.66. The van der Waals surface area contributed by atoms with Crippen LogP contribution in [0, 0.1) is 25.5 Å². The quantitative estimate of drug-likeness (QED) is 0.158. The summed E-state index contributed by atoms with van der Waals surface area (Å²) in [6.07, 6.45) is 8.91. The molecule has 3 aromatic carbocycles. The average Bonchev–Trinajstić information content (AvgIpc) is 4.09. The van der Waals surface area contributed by atoms with Gasteiger partial charge in [-0.25, -0.2) is 27.2 Å². The van der Waals surface area contributed by atoms with Crippen LogP contribution in [0.25, 0.3) is 39.0 Å². The van der Waals surface area contributed by atoms with Crippen molar-refractivity contribution < 1.29 is 26.7 Å². The van der Waals surface area contributed by atoms with Crippen molar-refractivity contribution in [3.8, 4) is 17.2 Å². The summed E-state index contributed by atoms with van der Waals surface area (Å²) >= 11 is 0. The van der Waals surface area contributed by atoms with Gasteiger partial charge in [-0.05, 0) is 126 Å². The number of benzene rings is 3. The predicted octanol–water partition coefficient (Wildman–Crippen LogP) is 7.73. The number of hydrogen-bond acceptors (Lipinski definition) is 8. The molecule has 2 aliphatic rings. The molecule has 342 valence electrons. The topological polar surface area (TPSA) is 149 Å². The molecule has 18 heteroatoms. The molecule has 7 heterocycles. The van der Waals surface area contributed by atoms with Gasteiger partial charge in [0.15, 0.2) is 10.8 Å². The molecular weight excluding hydrogens is 867 g/mol. The van der Waals surface area contributed by atoms with E-state index in [1.807, 2.05) is 12.1 Å². The highest BCUT2D eigenvalue weighted by Crippen LogP contribution is 2.45. The number of halogens is 2. The van der Waals surface area contributed by atoms with Gasteiger partial charge in [0, 0.05) is 56.6 Å². The summed E-state index contributed by atoms with van der Waals surface area (Å²) in [6.45, 7) is 13.5. The van der Waals surface area contributed by atoms with Gasteiger partial charge in [-0.1, -0.05) is 6.07 Å². The van der Waals surface area contributed by atoms with Crippen LogP contribution in [-0.2, 0) is 35.3 Å². The Bertz CT molecular complexity index is 3460. The van der Waals surface area contributed by atoms with E-state index in [0.717, 1.165) is 22.4 Å². The molecule has 8 aromatic rings. The van der Waals surface area contributed by atoms with E-state index < -0.39 is 33.5 Å². The van der Waals surface area contributed by atoms with Crippen molar-refractivity contribution >= 4 is 37.7 Å². The van der Waals surface area contributed by atoms with Crippen LogP contribution in [0.1, 0.15) is 97.9 Å². The van der Waals surface area contributed by atoms with Crippen molar-refractivity contribution in [1.82, 2.24) is 47.1 Å². The van der Waals surface area contributed by atoms with Crippen molar-refractivity contribution in [3.05, 3.63) is 135 Å². The fraction of sp³-hybridized carbons (Fsp3) is 0.354. The number of hydrogen-bond donors (Lipinski definition) is 0. The third-order valence-corrected chi connectivity index (χ3v) is 14.8. The van der Waals surface area contributed by atoms with E-state index >= 15 is 13.6 Å². The predicted molar refractivity (Wildman–Crippen MR) is 244 cm³/mol. The van der Waals surface area contributed by atoms with E-state index in [-0.39, 0.29) is 63.5 Å². The third kappa shape index (κ3) is 6.82. The van der Waals surface area contributed by atoms with Gasteiger partial charge in [-0.3, -0.25) is 18.6 Å². The molecule has 0 N–H and O–H groups in total. The van der Waals surface area contributed by atoms with Gasteiger partial charge < -0.3 is 14.2 Å². The van der Waals surface area contributed by atoms with Gasteiger partial charge in [-0.2, -0.15) is 18.6 Å². The summed E-state index contributed by atoms with van der Waals surface area (Å²) < 4.78 is 75.2. The second kappa shape index (κ2) is 14.9. The molecule has 15 nitrogen and oxygen atoms in total. The monoisotopic (exact) mass is 916 g/mol. The first-order valence-electron chi connectivity index (χ1n) is 21.8. The summed E-state index contributed by atoms with van der Waals surface area (Å²) in [5, 5.41) is 9.77. The summed E-state index contributed by atoms with van der Waals surface area (Å²) in [7, 11) is -1.05. The molecule has 5 aromatic heterocycles. The van der Waals surface area contributed by atoms with E-state index in [0.29, 0.717) is 44.5 Å². The molecule has 1 amide bonds. The number of ether oxygens (including phenoxy) is 1. The van der Waals surface area contributed by atoms with Crippen LogP contribution in [0.4, 0.5) is 8.78 Å².